The highest BCUT2D eigenvalue weighted by Crippen LogP contribution is 2.31. The quantitative estimate of drug-likeness (QED) is 0.889. The first-order valence-corrected chi connectivity index (χ1v) is 6.93. The van der Waals surface area contributed by atoms with Crippen LogP contribution < -0.4 is 5.32 Å². The van der Waals surface area contributed by atoms with E-state index in [4.69, 9.17) is 0 Å². The van der Waals surface area contributed by atoms with E-state index in [-0.39, 0.29) is 11.9 Å². The molecule has 1 atom stereocenters. The minimum Gasteiger partial charge on any atom is -0.308 e. The topological polar surface area (TPSA) is 29.9 Å². The summed E-state index contributed by atoms with van der Waals surface area (Å²) in [5.41, 5.74) is 1.46. The number of benzene rings is 1. The fourth-order valence-corrected chi connectivity index (χ4v) is 2.89. The van der Waals surface area contributed by atoms with Crippen molar-refractivity contribution in [2.75, 3.05) is 7.05 Å². The first kappa shape index (κ1) is 13.7. The van der Waals surface area contributed by atoms with E-state index in [0.29, 0.717) is 10.0 Å². The standard InChI is InChI=1S/C12H12Br2FN3/c1-16-11(12-9(14)6-17-18(12)2)7-4-3-5-8(13)10(7)15/h3-6,11,16H,1-2H3. The van der Waals surface area contributed by atoms with Crippen LogP contribution in [0.2, 0.25) is 0 Å². The average Bonchev–Trinajstić information content (AvgIpc) is 2.67. The molecule has 0 bridgehead atoms. The van der Waals surface area contributed by atoms with Gasteiger partial charge in [-0.05, 0) is 45.0 Å². The minimum atomic E-state index is -0.260. The monoisotopic (exact) mass is 375 g/mol. The number of halogens is 3. The maximum atomic E-state index is 14.2. The molecule has 0 saturated heterocycles. The molecule has 3 nitrogen and oxygen atoms in total. The van der Waals surface area contributed by atoms with E-state index < -0.39 is 0 Å². The Balaban J connectivity index is 2.56. The molecule has 0 spiro atoms. The Morgan fingerprint density at radius 1 is 1.33 bits per heavy atom. The van der Waals surface area contributed by atoms with E-state index in [1.54, 1.807) is 30.1 Å². The highest BCUT2D eigenvalue weighted by Gasteiger charge is 2.22. The van der Waals surface area contributed by atoms with Crippen LogP contribution in [0.15, 0.2) is 33.3 Å². The number of nitrogens with one attached hydrogen (secondary N) is 1. The molecule has 6 heteroatoms. The second-order valence-corrected chi connectivity index (χ2v) is 5.57. The van der Waals surface area contributed by atoms with Crippen molar-refractivity contribution in [2.24, 2.45) is 7.05 Å². The van der Waals surface area contributed by atoms with Gasteiger partial charge in [0.05, 0.1) is 26.9 Å². The maximum Gasteiger partial charge on any atom is 0.142 e. The molecule has 1 aromatic carbocycles. The predicted molar refractivity (Wildman–Crippen MR) is 75.9 cm³/mol. The van der Waals surface area contributed by atoms with Gasteiger partial charge in [0.1, 0.15) is 5.82 Å². The van der Waals surface area contributed by atoms with Crippen molar-refractivity contribution in [1.29, 1.82) is 0 Å². The fraction of sp³-hybridized carbons (Fsp3) is 0.250. The molecule has 1 N–H and O–H groups in total. The van der Waals surface area contributed by atoms with E-state index in [1.165, 1.54) is 0 Å². The molecule has 2 aromatic rings. The lowest BCUT2D eigenvalue weighted by molar-refractivity contribution is 0.547. The van der Waals surface area contributed by atoms with Crippen molar-refractivity contribution in [3.8, 4) is 0 Å². The lowest BCUT2D eigenvalue weighted by Crippen LogP contribution is -2.22. The van der Waals surface area contributed by atoms with Crippen LogP contribution in [0.4, 0.5) is 4.39 Å². The smallest absolute Gasteiger partial charge is 0.142 e. The molecular weight excluding hydrogens is 365 g/mol. The molecule has 96 valence electrons. The van der Waals surface area contributed by atoms with Crippen molar-refractivity contribution in [3.05, 3.63) is 50.4 Å². The van der Waals surface area contributed by atoms with E-state index in [1.807, 2.05) is 13.1 Å². The summed E-state index contributed by atoms with van der Waals surface area (Å²) in [7, 11) is 3.63. The molecule has 0 aliphatic rings. The van der Waals surface area contributed by atoms with Gasteiger partial charge in [-0.25, -0.2) is 4.39 Å². The van der Waals surface area contributed by atoms with Gasteiger partial charge in [0.2, 0.25) is 0 Å². The Morgan fingerprint density at radius 2 is 2.06 bits per heavy atom. The molecule has 1 unspecified atom stereocenters. The predicted octanol–water partition coefficient (Wildman–Crippen LogP) is 3.39. The van der Waals surface area contributed by atoms with Gasteiger partial charge in [0.25, 0.3) is 0 Å². The third kappa shape index (κ3) is 2.37. The number of aryl methyl sites for hydroxylation is 1. The highest BCUT2D eigenvalue weighted by atomic mass is 79.9. The van der Waals surface area contributed by atoms with E-state index in [9.17, 15) is 4.39 Å². The van der Waals surface area contributed by atoms with Gasteiger partial charge in [0.15, 0.2) is 0 Å². The Bertz CT molecular complexity index is 549. The second-order valence-electron chi connectivity index (χ2n) is 3.87. The third-order valence-electron chi connectivity index (χ3n) is 2.79. The van der Waals surface area contributed by atoms with E-state index >= 15 is 0 Å². The van der Waals surface area contributed by atoms with Crippen LogP contribution in [0.25, 0.3) is 0 Å². The van der Waals surface area contributed by atoms with E-state index in [0.717, 1.165) is 10.2 Å². The Hall–Kier alpha value is -0.720. The maximum absolute atomic E-state index is 14.2. The van der Waals surface area contributed by atoms with Crippen molar-refractivity contribution < 1.29 is 4.39 Å². The summed E-state index contributed by atoms with van der Waals surface area (Å²) in [4.78, 5) is 0. The SMILES string of the molecule is CNC(c1cccc(Br)c1F)c1c(Br)cnn1C. The van der Waals surface area contributed by atoms with Gasteiger partial charge in [-0.3, -0.25) is 4.68 Å². The Morgan fingerprint density at radius 3 is 2.61 bits per heavy atom. The lowest BCUT2D eigenvalue weighted by atomic mass is 10.0. The molecule has 1 aromatic heterocycles. The molecule has 2 rings (SSSR count). The summed E-state index contributed by atoms with van der Waals surface area (Å²) < 4.78 is 17.2. The van der Waals surface area contributed by atoms with Crippen molar-refractivity contribution in [1.82, 2.24) is 15.1 Å². The molecule has 0 fully saturated rings. The molecule has 0 amide bonds. The van der Waals surface area contributed by atoms with Gasteiger partial charge in [-0.1, -0.05) is 12.1 Å². The van der Waals surface area contributed by atoms with Crippen LogP contribution in [0.1, 0.15) is 17.3 Å². The normalized spacial score (nSPS) is 12.7. The van der Waals surface area contributed by atoms with Crippen LogP contribution in [0.3, 0.4) is 0 Å². The number of aromatic nitrogens is 2. The van der Waals surface area contributed by atoms with Crippen LogP contribution in [0, 0.1) is 5.82 Å². The van der Waals surface area contributed by atoms with Gasteiger partial charge in [-0.2, -0.15) is 5.10 Å². The molecule has 0 saturated carbocycles. The zero-order valence-electron chi connectivity index (χ0n) is 9.92. The molecular formula is C12H12Br2FN3. The lowest BCUT2D eigenvalue weighted by Gasteiger charge is -2.19. The summed E-state index contributed by atoms with van der Waals surface area (Å²) in [6.45, 7) is 0. The summed E-state index contributed by atoms with van der Waals surface area (Å²) in [6.07, 6.45) is 1.70. The summed E-state index contributed by atoms with van der Waals surface area (Å²) in [6, 6.07) is 5.01. The number of nitrogens with zero attached hydrogens (tertiary/aromatic N) is 2. The van der Waals surface area contributed by atoms with Gasteiger partial charge in [0, 0.05) is 12.6 Å². The zero-order chi connectivity index (χ0) is 13.3. The Kier molecular flexibility index (Phi) is 4.19. The number of hydrogen-bond donors (Lipinski definition) is 1. The van der Waals surface area contributed by atoms with Gasteiger partial charge >= 0.3 is 0 Å². The fourth-order valence-electron chi connectivity index (χ4n) is 1.93. The molecule has 0 radical (unpaired) electrons. The van der Waals surface area contributed by atoms with Crippen LogP contribution in [0.5, 0.6) is 0 Å². The summed E-state index contributed by atoms with van der Waals surface area (Å²) in [5, 5.41) is 7.28. The highest BCUT2D eigenvalue weighted by molar-refractivity contribution is 9.10. The molecule has 1 heterocycles. The first-order valence-electron chi connectivity index (χ1n) is 5.34. The van der Waals surface area contributed by atoms with Crippen LogP contribution >= 0.6 is 31.9 Å². The second kappa shape index (κ2) is 5.50. The minimum absolute atomic E-state index is 0.259. The van der Waals surface area contributed by atoms with Gasteiger partial charge in [-0.15, -0.1) is 0 Å². The van der Waals surface area contributed by atoms with Crippen molar-refractivity contribution >= 4 is 31.9 Å². The average molecular weight is 377 g/mol. The zero-order valence-corrected chi connectivity index (χ0v) is 13.1. The van der Waals surface area contributed by atoms with Crippen molar-refractivity contribution in [3.63, 3.8) is 0 Å². The van der Waals surface area contributed by atoms with E-state index in [2.05, 4.69) is 42.3 Å². The molecule has 18 heavy (non-hydrogen) atoms. The van der Waals surface area contributed by atoms with Crippen LogP contribution in [-0.4, -0.2) is 16.8 Å². The molecule has 0 aliphatic carbocycles. The number of hydrogen-bond acceptors (Lipinski definition) is 2. The largest absolute Gasteiger partial charge is 0.308 e. The van der Waals surface area contributed by atoms with Crippen molar-refractivity contribution in [2.45, 2.75) is 6.04 Å². The van der Waals surface area contributed by atoms with Gasteiger partial charge < -0.3 is 5.32 Å². The summed E-state index contributed by atoms with van der Waals surface area (Å²) >= 11 is 6.65. The Labute approximate surface area is 122 Å². The number of rotatable bonds is 3. The third-order valence-corrected chi connectivity index (χ3v) is 4.02. The molecule has 0 aliphatic heterocycles. The summed E-state index contributed by atoms with van der Waals surface area (Å²) in [5.74, 6) is -0.259. The van der Waals surface area contributed by atoms with Crippen LogP contribution in [-0.2, 0) is 7.05 Å². The first-order chi connectivity index (χ1) is 8.56.